The highest BCUT2D eigenvalue weighted by molar-refractivity contribution is 5.87. The lowest BCUT2D eigenvalue weighted by molar-refractivity contribution is -0.147. The van der Waals surface area contributed by atoms with E-state index in [4.69, 9.17) is 14.9 Å². The molecule has 0 radical (unpaired) electrons. The summed E-state index contributed by atoms with van der Waals surface area (Å²) < 4.78 is 5.94. The number of carbonyl (C=O) groups excluding carboxylic acids is 3. The van der Waals surface area contributed by atoms with Crippen molar-refractivity contribution in [3.05, 3.63) is 85.1 Å². The lowest BCUT2D eigenvalue weighted by Gasteiger charge is -2.15. The summed E-state index contributed by atoms with van der Waals surface area (Å²) in [7, 11) is 0. The Balaban J connectivity index is 4.24. The molecule has 340 valence electrons. The Bertz CT molecular complexity index is 1280. The van der Waals surface area contributed by atoms with E-state index in [0.717, 1.165) is 116 Å². The second-order valence-corrected chi connectivity index (χ2v) is 15.5. The molecule has 0 aromatic carbocycles. The molecule has 9 nitrogen and oxygen atoms in total. The fourth-order valence-corrected chi connectivity index (χ4v) is 6.27. The molecule has 0 spiro atoms. The highest BCUT2D eigenvalue weighted by Crippen LogP contribution is 2.15. The molecule has 2 atom stereocenters. The van der Waals surface area contributed by atoms with E-state index in [1.807, 2.05) is 0 Å². The second kappa shape index (κ2) is 44.6. The summed E-state index contributed by atoms with van der Waals surface area (Å²) in [6.07, 6.45) is 57.8. The molecule has 9 heteroatoms. The number of aliphatic hydroxyl groups is 1. The maximum atomic E-state index is 12.8. The van der Waals surface area contributed by atoms with Crippen LogP contribution in [0.2, 0.25) is 0 Å². The summed E-state index contributed by atoms with van der Waals surface area (Å²) in [5, 5.41) is 22.5. The Morgan fingerprint density at radius 2 is 1.00 bits per heavy atom. The molecule has 0 heterocycles. The molecule has 0 saturated carbocycles. The number of allylic oxidation sites excluding steroid dienone is 13. The first kappa shape index (κ1) is 56.0. The molecule has 4 N–H and O–H groups in total. The number of carboxylic acids is 1. The Hall–Kier alpha value is -3.98. The molecule has 2 unspecified atom stereocenters. The fourth-order valence-electron chi connectivity index (χ4n) is 6.27. The van der Waals surface area contributed by atoms with Gasteiger partial charge in [-0.3, -0.25) is 14.4 Å². The van der Waals surface area contributed by atoms with E-state index in [-0.39, 0.29) is 24.5 Å². The first-order chi connectivity index (χ1) is 29.3. The van der Waals surface area contributed by atoms with E-state index in [1.54, 1.807) is 0 Å². The summed E-state index contributed by atoms with van der Waals surface area (Å²) >= 11 is 0. The minimum Gasteiger partial charge on any atom is -0.480 e. The van der Waals surface area contributed by atoms with E-state index in [0.29, 0.717) is 19.3 Å². The number of aliphatic hydroxyl groups excluding tert-OH is 1. The summed E-state index contributed by atoms with van der Waals surface area (Å²) in [5.41, 5.74) is 0. The van der Waals surface area contributed by atoms with Crippen molar-refractivity contribution in [3.63, 3.8) is 0 Å². The van der Waals surface area contributed by atoms with Crippen LogP contribution in [0.25, 0.3) is 0 Å². The molecule has 60 heavy (non-hydrogen) atoms. The molecule has 0 aromatic rings. The van der Waals surface area contributed by atoms with E-state index in [9.17, 15) is 19.2 Å². The van der Waals surface area contributed by atoms with Gasteiger partial charge in [0.1, 0.15) is 12.1 Å². The highest BCUT2D eigenvalue weighted by Gasteiger charge is 2.18. The van der Waals surface area contributed by atoms with Crippen LogP contribution in [-0.4, -0.2) is 59.3 Å². The quantitative estimate of drug-likeness (QED) is 0.0273. The maximum Gasteiger partial charge on any atom is 0.328 e. The number of nitrogens with one attached hydrogen (secondary N) is 2. The van der Waals surface area contributed by atoms with Crippen LogP contribution in [0.5, 0.6) is 0 Å². The largest absolute Gasteiger partial charge is 0.480 e. The molecule has 0 aliphatic heterocycles. The van der Waals surface area contributed by atoms with Crippen molar-refractivity contribution >= 4 is 23.8 Å². The Labute approximate surface area is 365 Å². The zero-order valence-electron chi connectivity index (χ0n) is 37.7. The molecule has 0 bridgehead atoms. The number of carboxylic acid groups (broad SMARTS) is 1. The van der Waals surface area contributed by atoms with Crippen molar-refractivity contribution in [1.29, 1.82) is 0 Å². The van der Waals surface area contributed by atoms with Gasteiger partial charge in [0.15, 0.2) is 0 Å². The van der Waals surface area contributed by atoms with Gasteiger partial charge in [-0.25, -0.2) is 4.79 Å². The third kappa shape index (κ3) is 40.8. The van der Waals surface area contributed by atoms with Crippen molar-refractivity contribution in [2.45, 2.75) is 199 Å². The number of aliphatic carboxylic acids is 1. The monoisotopic (exact) mass is 837 g/mol. The second-order valence-electron chi connectivity index (χ2n) is 15.5. The van der Waals surface area contributed by atoms with Crippen LogP contribution in [0.1, 0.15) is 187 Å². The minimum absolute atomic E-state index is 0.105. The van der Waals surface area contributed by atoms with Gasteiger partial charge >= 0.3 is 11.9 Å². The van der Waals surface area contributed by atoms with Gasteiger partial charge in [0.25, 0.3) is 0 Å². The fraction of sp³-hybridized carbons (Fsp3) is 0.647. The van der Waals surface area contributed by atoms with Crippen LogP contribution in [0.15, 0.2) is 85.1 Å². The Morgan fingerprint density at radius 3 is 1.53 bits per heavy atom. The molecule has 2 amide bonds. The summed E-state index contributed by atoms with van der Waals surface area (Å²) in [4.78, 5) is 47.5. The van der Waals surface area contributed by atoms with Gasteiger partial charge in [-0.05, 0) is 96.0 Å². The molecule has 0 aliphatic carbocycles. The average Bonchev–Trinajstić information content (AvgIpc) is 3.23. The number of esters is 1. The summed E-state index contributed by atoms with van der Waals surface area (Å²) in [6, 6.07) is -1.39. The van der Waals surface area contributed by atoms with Crippen molar-refractivity contribution in [2.75, 3.05) is 13.2 Å². The third-order valence-corrected chi connectivity index (χ3v) is 9.86. The number of unbranched alkanes of at least 4 members (excludes halogenated alkanes) is 15. The van der Waals surface area contributed by atoms with Crippen molar-refractivity contribution in [1.82, 2.24) is 10.6 Å². The lowest BCUT2D eigenvalue weighted by atomic mass is 10.0. The molecule has 0 rings (SSSR count). The normalized spacial score (nSPS) is 13.2. The number of carbonyl (C=O) groups is 4. The lowest BCUT2D eigenvalue weighted by Crippen LogP contribution is -2.47. The molecule has 0 saturated heterocycles. The Kier molecular flexibility index (Phi) is 41.6. The summed E-state index contributed by atoms with van der Waals surface area (Å²) in [5.74, 6) is -2.36. The zero-order chi connectivity index (χ0) is 44.0. The van der Waals surface area contributed by atoms with E-state index in [1.165, 1.54) is 38.5 Å². The van der Waals surface area contributed by atoms with Gasteiger partial charge in [-0.15, -0.1) is 0 Å². The number of hydrogen-bond acceptors (Lipinski definition) is 6. The highest BCUT2D eigenvalue weighted by atomic mass is 16.5. The molecular formula is C51H84N2O7. The van der Waals surface area contributed by atoms with Crippen molar-refractivity contribution in [2.24, 2.45) is 0 Å². The summed E-state index contributed by atoms with van der Waals surface area (Å²) in [6.45, 7) is 3.34. The maximum absolute atomic E-state index is 12.8. The first-order valence-electron chi connectivity index (χ1n) is 23.5. The number of amides is 2. The Morgan fingerprint density at radius 1 is 0.533 bits per heavy atom. The van der Waals surface area contributed by atoms with Crippen molar-refractivity contribution in [3.8, 4) is 0 Å². The van der Waals surface area contributed by atoms with E-state index >= 15 is 0 Å². The van der Waals surface area contributed by atoms with Gasteiger partial charge in [0.05, 0.1) is 13.2 Å². The zero-order valence-corrected chi connectivity index (χ0v) is 37.7. The minimum atomic E-state index is -1.39. The molecule has 0 aromatic heterocycles. The SMILES string of the molecule is CC/C=C\C/C=C\C/C=C\C/C=C\C/C=C\C/C=C\CCCCCCC(=O)OC(/C=C\CCCCCCCC)CCCCCCCCC(=O)NCC(=O)NC(CO)C(=O)O. The predicted molar refractivity (Wildman–Crippen MR) is 250 cm³/mol. The molecule has 0 aliphatic rings. The van der Waals surface area contributed by atoms with Gasteiger partial charge < -0.3 is 25.6 Å². The van der Waals surface area contributed by atoms with Crippen LogP contribution < -0.4 is 10.6 Å². The van der Waals surface area contributed by atoms with Crippen LogP contribution in [0.3, 0.4) is 0 Å². The molecular weight excluding hydrogens is 753 g/mol. The van der Waals surface area contributed by atoms with Gasteiger partial charge in [0.2, 0.25) is 11.8 Å². The van der Waals surface area contributed by atoms with Gasteiger partial charge in [0, 0.05) is 12.8 Å². The number of rotatable bonds is 41. The first-order valence-corrected chi connectivity index (χ1v) is 23.5. The average molecular weight is 837 g/mol. The third-order valence-electron chi connectivity index (χ3n) is 9.86. The van der Waals surface area contributed by atoms with Gasteiger partial charge in [-0.1, -0.05) is 163 Å². The predicted octanol–water partition coefficient (Wildman–Crippen LogP) is 12.0. The smallest absolute Gasteiger partial charge is 0.328 e. The van der Waals surface area contributed by atoms with Crippen LogP contribution in [0.4, 0.5) is 0 Å². The standard InChI is InChI=1S/C51H84N2O7/c1-3-5-7-9-11-13-14-15-16-17-18-19-20-21-22-23-24-25-26-27-29-35-39-43-50(57)60-46(40-36-32-28-12-10-8-6-4-2)41-37-33-30-31-34-38-42-48(55)52-44-49(56)53-47(45-54)51(58)59/h5,7,11,13,15-16,18-19,21-22,24-25,36,40,46-47,54H,3-4,6,8-10,12,14,17,20,23,26-35,37-39,41-45H2,1-2H3,(H,52,55)(H,53,56)(H,58,59)/b7-5-,13-11-,16-15-,19-18-,22-21-,25-24-,40-36-. The number of ether oxygens (including phenoxy) is 1. The van der Waals surface area contributed by atoms with Crippen molar-refractivity contribution < 1.29 is 34.1 Å². The van der Waals surface area contributed by atoms with Crippen LogP contribution in [-0.2, 0) is 23.9 Å². The molecule has 0 fully saturated rings. The van der Waals surface area contributed by atoms with E-state index < -0.39 is 24.5 Å². The van der Waals surface area contributed by atoms with E-state index in [2.05, 4.69) is 110 Å². The van der Waals surface area contributed by atoms with Gasteiger partial charge in [-0.2, -0.15) is 0 Å². The number of hydrogen-bond donors (Lipinski definition) is 4. The topological polar surface area (TPSA) is 142 Å². The van der Waals surface area contributed by atoms with Crippen LogP contribution >= 0.6 is 0 Å². The van der Waals surface area contributed by atoms with Crippen LogP contribution in [0, 0.1) is 0 Å².